The van der Waals surface area contributed by atoms with Crippen LogP contribution in [0.4, 0.5) is 5.69 Å². The van der Waals surface area contributed by atoms with Gasteiger partial charge in [-0.15, -0.1) is 0 Å². The van der Waals surface area contributed by atoms with Crippen LogP contribution in [-0.4, -0.2) is 33.4 Å². The molecule has 1 amide bonds. The number of rotatable bonds is 3. The fourth-order valence-electron chi connectivity index (χ4n) is 2.12. The molecular formula is C14H11ClN4O3. The number of hydrogen-bond acceptors (Lipinski definition) is 5. The van der Waals surface area contributed by atoms with Crippen molar-refractivity contribution < 1.29 is 14.3 Å². The first-order valence-corrected chi connectivity index (χ1v) is 6.88. The number of anilines is 1. The highest BCUT2D eigenvalue weighted by atomic mass is 35.5. The molecule has 0 saturated heterocycles. The van der Waals surface area contributed by atoms with Crippen LogP contribution < -0.4 is 5.32 Å². The van der Waals surface area contributed by atoms with Gasteiger partial charge in [0.1, 0.15) is 5.69 Å². The van der Waals surface area contributed by atoms with Gasteiger partial charge in [0.25, 0.3) is 5.91 Å². The lowest BCUT2D eigenvalue weighted by atomic mass is 10.1. The molecule has 0 atom stereocenters. The third kappa shape index (κ3) is 2.46. The molecule has 0 radical (unpaired) electrons. The zero-order chi connectivity index (χ0) is 15.7. The van der Waals surface area contributed by atoms with Crippen molar-refractivity contribution in [1.82, 2.24) is 15.0 Å². The fourth-order valence-corrected chi connectivity index (χ4v) is 2.25. The van der Waals surface area contributed by atoms with Gasteiger partial charge in [-0.25, -0.2) is 14.8 Å². The second-order valence-electron chi connectivity index (χ2n) is 4.44. The van der Waals surface area contributed by atoms with Gasteiger partial charge in [0.2, 0.25) is 5.28 Å². The van der Waals surface area contributed by atoms with Gasteiger partial charge in [-0.3, -0.25) is 4.79 Å². The van der Waals surface area contributed by atoms with E-state index in [0.717, 1.165) is 0 Å². The molecule has 3 heterocycles. The predicted octanol–water partition coefficient (Wildman–Crippen LogP) is 2.13. The van der Waals surface area contributed by atoms with E-state index < -0.39 is 5.97 Å². The summed E-state index contributed by atoms with van der Waals surface area (Å²) in [4.78, 5) is 34.7. The Balaban J connectivity index is 2.04. The van der Waals surface area contributed by atoms with Crippen LogP contribution in [0.2, 0.25) is 5.28 Å². The molecule has 2 N–H and O–H groups in total. The van der Waals surface area contributed by atoms with Crippen LogP contribution in [0.1, 0.15) is 28.7 Å². The summed E-state index contributed by atoms with van der Waals surface area (Å²) in [5.74, 6) is -0.800. The zero-order valence-electron chi connectivity index (χ0n) is 11.5. The Kier molecular flexibility index (Phi) is 3.64. The highest BCUT2D eigenvalue weighted by Crippen LogP contribution is 2.31. The summed E-state index contributed by atoms with van der Waals surface area (Å²) in [5.41, 5.74) is 1.98. The maximum Gasteiger partial charge on any atom is 0.340 e. The number of halogens is 1. The van der Waals surface area contributed by atoms with Crippen LogP contribution in [0.3, 0.4) is 0 Å². The summed E-state index contributed by atoms with van der Waals surface area (Å²) >= 11 is 5.77. The SMILES string of the molecule is CCOC(=O)c1cc[nH]c1/C=C1\C(=O)Nc2cnc(Cl)nc21. The van der Waals surface area contributed by atoms with Crippen molar-refractivity contribution in [1.29, 1.82) is 0 Å². The normalized spacial score (nSPS) is 14.8. The van der Waals surface area contributed by atoms with Crippen LogP contribution in [0.15, 0.2) is 18.5 Å². The summed E-state index contributed by atoms with van der Waals surface area (Å²) in [6, 6.07) is 1.59. The first-order chi connectivity index (χ1) is 10.6. The van der Waals surface area contributed by atoms with Crippen LogP contribution in [0, 0.1) is 0 Å². The second kappa shape index (κ2) is 5.61. The summed E-state index contributed by atoms with van der Waals surface area (Å²) in [6.45, 7) is 1.99. The molecule has 2 aromatic heterocycles. The Labute approximate surface area is 130 Å². The van der Waals surface area contributed by atoms with E-state index in [1.54, 1.807) is 19.2 Å². The number of carbonyl (C=O) groups excluding carboxylic acids is 2. The lowest BCUT2D eigenvalue weighted by Crippen LogP contribution is -2.06. The molecule has 112 valence electrons. The first-order valence-electron chi connectivity index (χ1n) is 6.50. The van der Waals surface area contributed by atoms with Crippen molar-refractivity contribution in [2.75, 3.05) is 11.9 Å². The van der Waals surface area contributed by atoms with Crippen molar-refractivity contribution in [2.45, 2.75) is 6.92 Å². The first kappa shape index (κ1) is 14.3. The summed E-state index contributed by atoms with van der Waals surface area (Å²) in [7, 11) is 0. The number of H-pyrrole nitrogens is 1. The number of esters is 1. The number of amides is 1. The maximum atomic E-state index is 12.1. The van der Waals surface area contributed by atoms with Gasteiger partial charge < -0.3 is 15.0 Å². The van der Waals surface area contributed by atoms with Crippen LogP contribution in [0.25, 0.3) is 11.6 Å². The number of aromatic amines is 1. The predicted molar refractivity (Wildman–Crippen MR) is 80.3 cm³/mol. The van der Waals surface area contributed by atoms with Gasteiger partial charge in [0.15, 0.2) is 0 Å². The monoisotopic (exact) mass is 318 g/mol. The van der Waals surface area contributed by atoms with Crippen LogP contribution in [-0.2, 0) is 9.53 Å². The van der Waals surface area contributed by atoms with Gasteiger partial charge in [0, 0.05) is 6.20 Å². The summed E-state index contributed by atoms with van der Waals surface area (Å²) < 4.78 is 4.97. The molecule has 0 bridgehead atoms. The molecule has 22 heavy (non-hydrogen) atoms. The molecule has 0 fully saturated rings. The third-order valence-electron chi connectivity index (χ3n) is 3.07. The number of ether oxygens (including phenoxy) is 1. The minimum atomic E-state index is -0.463. The number of carbonyl (C=O) groups is 2. The van der Waals surface area contributed by atoms with Gasteiger partial charge in [-0.2, -0.15) is 0 Å². The van der Waals surface area contributed by atoms with Crippen molar-refractivity contribution in [3.05, 3.63) is 40.7 Å². The lowest BCUT2D eigenvalue weighted by molar-refractivity contribution is -0.110. The van der Waals surface area contributed by atoms with Crippen molar-refractivity contribution in [3.63, 3.8) is 0 Å². The van der Waals surface area contributed by atoms with E-state index in [0.29, 0.717) is 28.2 Å². The topological polar surface area (TPSA) is 97.0 Å². The van der Waals surface area contributed by atoms with E-state index in [1.165, 1.54) is 12.3 Å². The van der Waals surface area contributed by atoms with Crippen molar-refractivity contribution >= 4 is 40.8 Å². The van der Waals surface area contributed by atoms with Crippen LogP contribution >= 0.6 is 11.6 Å². The minimum Gasteiger partial charge on any atom is -0.462 e. The number of nitrogens with one attached hydrogen (secondary N) is 2. The standard InChI is InChI=1S/C14H11ClN4O3/c1-2-22-13(21)7-3-4-16-9(7)5-8-11-10(18-12(8)20)6-17-14(15)19-11/h3-6,16H,2H2,1H3,(H,18,20)/b8-5-. The van der Waals surface area contributed by atoms with E-state index in [-0.39, 0.29) is 17.8 Å². The zero-order valence-corrected chi connectivity index (χ0v) is 12.3. The number of nitrogens with zero attached hydrogens (tertiary/aromatic N) is 2. The van der Waals surface area contributed by atoms with Gasteiger partial charge >= 0.3 is 5.97 Å². The Hall–Kier alpha value is -2.67. The average Bonchev–Trinajstić information content (AvgIpc) is 3.06. The highest BCUT2D eigenvalue weighted by Gasteiger charge is 2.27. The fraction of sp³-hybridized carbons (Fsp3) is 0.143. The molecule has 1 aliphatic rings. The Bertz CT molecular complexity index is 797. The molecule has 0 aromatic carbocycles. The number of aromatic nitrogens is 3. The second-order valence-corrected chi connectivity index (χ2v) is 4.78. The Morgan fingerprint density at radius 2 is 2.32 bits per heavy atom. The largest absolute Gasteiger partial charge is 0.462 e. The molecule has 2 aromatic rings. The number of hydrogen-bond donors (Lipinski definition) is 2. The van der Waals surface area contributed by atoms with Gasteiger partial charge in [-0.1, -0.05) is 0 Å². The van der Waals surface area contributed by atoms with E-state index in [4.69, 9.17) is 16.3 Å². The quantitative estimate of drug-likeness (QED) is 0.513. The lowest BCUT2D eigenvalue weighted by Gasteiger charge is -2.01. The Morgan fingerprint density at radius 1 is 1.50 bits per heavy atom. The average molecular weight is 319 g/mol. The molecule has 0 aliphatic carbocycles. The van der Waals surface area contributed by atoms with Crippen molar-refractivity contribution in [2.24, 2.45) is 0 Å². The van der Waals surface area contributed by atoms with Crippen molar-refractivity contribution in [3.8, 4) is 0 Å². The molecule has 7 nitrogen and oxygen atoms in total. The molecule has 0 unspecified atom stereocenters. The Morgan fingerprint density at radius 3 is 3.09 bits per heavy atom. The molecule has 0 spiro atoms. The minimum absolute atomic E-state index is 0.0400. The number of fused-ring (bicyclic) bond motifs is 1. The van der Waals surface area contributed by atoms with E-state index in [9.17, 15) is 9.59 Å². The molecule has 8 heteroatoms. The highest BCUT2D eigenvalue weighted by molar-refractivity contribution is 6.35. The molecule has 1 aliphatic heterocycles. The third-order valence-corrected chi connectivity index (χ3v) is 3.25. The van der Waals surface area contributed by atoms with Gasteiger partial charge in [-0.05, 0) is 30.7 Å². The van der Waals surface area contributed by atoms with Gasteiger partial charge in [0.05, 0.1) is 35.3 Å². The molecular weight excluding hydrogens is 308 g/mol. The van der Waals surface area contributed by atoms with E-state index >= 15 is 0 Å². The summed E-state index contributed by atoms with van der Waals surface area (Å²) in [6.07, 6.45) is 4.57. The summed E-state index contributed by atoms with van der Waals surface area (Å²) in [5, 5.41) is 2.68. The van der Waals surface area contributed by atoms with E-state index in [2.05, 4.69) is 20.3 Å². The smallest absolute Gasteiger partial charge is 0.340 e. The molecule has 3 rings (SSSR count). The molecule has 0 saturated carbocycles. The van der Waals surface area contributed by atoms with Crippen LogP contribution in [0.5, 0.6) is 0 Å². The van der Waals surface area contributed by atoms with E-state index in [1.807, 2.05) is 0 Å². The maximum absolute atomic E-state index is 12.1.